The third kappa shape index (κ3) is 4.74. The van der Waals surface area contributed by atoms with Gasteiger partial charge in [0, 0.05) is 11.4 Å². The maximum atomic E-state index is 11.2. The van der Waals surface area contributed by atoms with Gasteiger partial charge in [-0.05, 0) is 48.5 Å². The molecule has 3 N–H and O–H groups in total. The predicted octanol–water partition coefficient (Wildman–Crippen LogP) is 2.47. The number of amides is 1. The van der Waals surface area contributed by atoms with Crippen molar-refractivity contribution < 1.29 is 14.3 Å². The number of ether oxygens (including phenoxy) is 2. The molecule has 1 aromatic heterocycles. The first-order valence-electron chi connectivity index (χ1n) is 8.48. The van der Waals surface area contributed by atoms with Crippen molar-refractivity contribution in [2.24, 2.45) is 5.73 Å². The van der Waals surface area contributed by atoms with E-state index in [1.807, 2.05) is 53.1 Å². The molecular weight excluding hydrogens is 378 g/mol. The second kappa shape index (κ2) is 9.14. The van der Waals surface area contributed by atoms with Crippen LogP contribution in [0.25, 0.3) is 5.69 Å². The molecule has 8 nitrogen and oxygen atoms in total. The molecule has 1 heterocycles. The average molecular weight is 399 g/mol. The molecule has 0 unspecified atom stereocenters. The molecule has 0 bridgehead atoms. The number of carbonyl (C=O) groups is 1. The first-order valence-corrected chi connectivity index (χ1v) is 9.47. The summed E-state index contributed by atoms with van der Waals surface area (Å²) in [4.78, 5) is 11.2. The summed E-state index contributed by atoms with van der Waals surface area (Å²) in [6, 6.07) is 15.2. The number of aromatic nitrogens is 3. The molecular formula is C19H21N5O3S. The topological polar surface area (TPSA) is 104 Å². The van der Waals surface area contributed by atoms with Gasteiger partial charge in [0.05, 0.1) is 26.5 Å². The molecule has 0 saturated heterocycles. The number of nitrogens with two attached hydrogens (primary N) is 1. The van der Waals surface area contributed by atoms with Gasteiger partial charge in [-0.2, -0.15) is 0 Å². The second-order valence-electron chi connectivity index (χ2n) is 5.77. The molecule has 0 radical (unpaired) electrons. The van der Waals surface area contributed by atoms with Crippen molar-refractivity contribution in [3.63, 3.8) is 0 Å². The summed E-state index contributed by atoms with van der Waals surface area (Å²) in [6.45, 7) is 0.447. The van der Waals surface area contributed by atoms with Crippen molar-refractivity contribution in [1.82, 2.24) is 14.8 Å². The third-order valence-corrected chi connectivity index (χ3v) is 4.87. The summed E-state index contributed by atoms with van der Waals surface area (Å²) in [7, 11) is 3.25. The first kappa shape index (κ1) is 19.6. The van der Waals surface area contributed by atoms with E-state index in [0.717, 1.165) is 22.9 Å². The predicted molar refractivity (Wildman–Crippen MR) is 108 cm³/mol. The Balaban J connectivity index is 1.85. The minimum Gasteiger partial charge on any atom is -0.497 e. The highest BCUT2D eigenvalue weighted by atomic mass is 32.2. The molecule has 0 aliphatic heterocycles. The molecule has 0 saturated carbocycles. The lowest BCUT2D eigenvalue weighted by molar-refractivity contribution is -0.115. The molecule has 1 amide bonds. The van der Waals surface area contributed by atoms with Gasteiger partial charge in [-0.1, -0.05) is 11.8 Å². The standard InChI is InChI=1S/C19H21N5O3S/c1-26-15-7-3-13(4-8-15)21-11-18-22-23-19(28-12-17(20)25)24(18)14-5-9-16(27-2)10-6-14/h3-10,21H,11-12H2,1-2H3,(H2,20,25). The van der Waals surface area contributed by atoms with Crippen LogP contribution in [0, 0.1) is 0 Å². The Morgan fingerprint density at radius 3 is 2.21 bits per heavy atom. The molecule has 28 heavy (non-hydrogen) atoms. The van der Waals surface area contributed by atoms with Crippen LogP contribution in [0.15, 0.2) is 53.7 Å². The number of hydrogen-bond acceptors (Lipinski definition) is 7. The zero-order chi connectivity index (χ0) is 19.9. The first-order chi connectivity index (χ1) is 13.6. The molecule has 0 aliphatic rings. The molecule has 0 aliphatic carbocycles. The zero-order valence-corrected chi connectivity index (χ0v) is 16.4. The van der Waals surface area contributed by atoms with Gasteiger partial charge >= 0.3 is 0 Å². The Morgan fingerprint density at radius 1 is 1.04 bits per heavy atom. The van der Waals surface area contributed by atoms with E-state index in [4.69, 9.17) is 15.2 Å². The molecule has 146 valence electrons. The van der Waals surface area contributed by atoms with Gasteiger partial charge < -0.3 is 20.5 Å². The summed E-state index contributed by atoms with van der Waals surface area (Å²) >= 11 is 1.25. The molecule has 2 aromatic carbocycles. The minimum atomic E-state index is -0.410. The number of nitrogens with one attached hydrogen (secondary N) is 1. The summed E-state index contributed by atoms with van der Waals surface area (Å²) in [5.74, 6) is 1.96. The van der Waals surface area contributed by atoms with Crippen LogP contribution in [-0.2, 0) is 11.3 Å². The lowest BCUT2D eigenvalue weighted by Gasteiger charge is -2.12. The van der Waals surface area contributed by atoms with Crippen LogP contribution in [0.3, 0.4) is 0 Å². The van der Waals surface area contributed by atoms with Crippen molar-refractivity contribution in [3.05, 3.63) is 54.4 Å². The largest absolute Gasteiger partial charge is 0.497 e. The van der Waals surface area contributed by atoms with Gasteiger partial charge in [-0.15, -0.1) is 10.2 Å². The fourth-order valence-corrected chi connectivity index (χ4v) is 3.23. The van der Waals surface area contributed by atoms with Gasteiger partial charge in [0.25, 0.3) is 0 Å². The van der Waals surface area contributed by atoms with Crippen molar-refractivity contribution in [2.75, 3.05) is 25.3 Å². The summed E-state index contributed by atoms with van der Waals surface area (Å²) < 4.78 is 12.3. The number of thioether (sulfide) groups is 1. The van der Waals surface area contributed by atoms with Gasteiger partial charge in [0.2, 0.25) is 5.91 Å². The van der Waals surface area contributed by atoms with E-state index in [9.17, 15) is 4.79 Å². The highest BCUT2D eigenvalue weighted by Crippen LogP contribution is 2.24. The Morgan fingerprint density at radius 2 is 1.64 bits per heavy atom. The maximum absolute atomic E-state index is 11.2. The number of benzene rings is 2. The van der Waals surface area contributed by atoms with Crippen LogP contribution >= 0.6 is 11.8 Å². The van der Waals surface area contributed by atoms with E-state index >= 15 is 0 Å². The van der Waals surface area contributed by atoms with E-state index in [-0.39, 0.29) is 5.75 Å². The summed E-state index contributed by atoms with van der Waals surface area (Å²) in [6.07, 6.45) is 0. The van der Waals surface area contributed by atoms with Gasteiger partial charge in [-0.25, -0.2) is 0 Å². The van der Waals surface area contributed by atoms with Crippen LogP contribution in [0.1, 0.15) is 5.82 Å². The van der Waals surface area contributed by atoms with E-state index in [1.165, 1.54) is 11.8 Å². The molecule has 0 atom stereocenters. The number of primary amides is 1. The SMILES string of the molecule is COc1ccc(NCc2nnc(SCC(N)=O)n2-c2ccc(OC)cc2)cc1. The van der Waals surface area contributed by atoms with Crippen molar-refractivity contribution >= 4 is 23.4 Å². The summed E-state index contributed by atoms with van der Waals surface area (Å²) in [5.41, 5.74) is 7.07. The maximum Gasteiger partial charge on any atom is 0.227 e. The number of hydrogen-bond donors (Lipinski definition) is 2. The Hall–Kier alpha value is -3.20. The van der Waals surface area contributed by atoms with E-state index in [1.54, 1.807) is 14.2 Å². The Kier molecular flexibility index (Phi) is 6.38. The lowest BCUT2D eigenvalue weighted by Crippen LogP contribution is -2.14. The second-order valence-corrected chi connectivity index (χ2v) is 6.71. The lowest BCUT2D eigenvalue weighted by atomic mass is 10.3. The number of nitrogens with zero attached hydrogens (tertiary/aromatic N) is 3. The minimum absolute atomic E-state index is 0.125. The summed E-state index contributed by atoms with van der Waals surface area (Å²) in [5, 5.41) is 12.4. The van der Waals surface area contributed by atoms with Crippen LogP contribution in [-0.4, -0.2) is 40.6 Å². The normalized spacial score (nSPS) is 10.5. The van der Waals surface area contributed by atoms with Gasteiger partial charge in [0.1, 0.15) is 11.5 Å². The van der Waals surface area contributed by atoms with Gasteiger partial charge in [-0.3, -0.25) is 9.36 Å². The molecule has 0 spiro atoms. The third-order valence-electron chi connectivity index (χ3n) is 3.92. The van der Waals surface area contributed by atoms with Crippen molar-refractivity contribution in [3.8, 4) is 17.2 Å². The Bertz CT molecular complexity index is 926. The molecule has 3 aromatic rings. The molecule has 0 fully saturated rings. The fourth-order valence-electron chi connectivity index (χ4n) is 2.52. The zero-order valence-electron chi connectivity index (χ0n) is 15.6. The van der Waals surface area contributed by atoms with Crippen molar-refractivity contribution in [1.29, 1.82) is 0 Å². The Labute approximate surface area is 167 Å². The highest BCUT2D eigenvalue weighted by Gasteiger charge is 2.15. The molecule has 3 rings (SSSR count). The average Bonchev–Trinajstić information content (AvgIpc) is 3.14. The van der Waals surface area contributed by atoms with Crippen molar-refractivity contribution in [2.45, 2.75) is 11.7 Å². The monoisotopic (exact) mass is 399 g/mol. The van der Waals surface area contributed by atoms with Gasteiger partial charge in [0.15, 0.2) is 11.0 Å². The van der Waals surface area contributed by atoms with Crippen LogP contribution in [0.4, 0.5) is 5.69 Å². The number of methoxy groups -OCH3 is 2. The quantitative estimate of drug-likeness (QED) is 0.533. The van der Waals surface area contributed by atoms with Crippen LogP contribution < -0.4 is 20.5 Å². The number of carbonyl (C=O) groups excluding carboxylic acids is 1. The smallest absolute Gasteiger partial charge is 0.227 e. The number of anilines is 1. The highest BCUT2D eigenvalue weighted by molar-refractivity contribution is 7.99. The van der Waals surface area contributed by atoms with E-state index in [2.05, 4.69) is 15.5 Å². The fraction of sp³-hybridized carbons (Fsp3) is 0.211. The number of rotatable bonds is 9. The molecule has 9 heteroatoms. The van der Waals surface area contributed by atoms with E-state index < -0.39 is 5.91 Å². The van der Waals surface area contributed by atoms with E-state index in [0.29, 0.717) is 17.5 Å². The van der Waals surface area contributed by atoms with Crippen LogP contribution in [0.5, 0.6) is 11.5 Å². The van der Waals surface area contributed by atoms with Crippen LogP contribution in [0.2, 0.25) is 0 Å².